The zero-order valence-electron chi connectivity index (χ0n) is 14.6. The van der Waals surface area contributed by atoms with Gasteiger partial charge in [0.2, 0.25) is 0 Å². The fraction of sp³-hybridized carbons (Fsp3) is 0.278. The summed E-state index contributed by atoms with van der Waals surface area (Å²) in [5, 5.41) is 3.28. The van der Waals surface area contributed by atoms with Crippen LogP contribution in [0.25, 0.3) is 10.2 Å². The fourth-order valence-electron chi connectivity index (χ4n) is 3.18. The van der Waals surface area contributed by atoms with Crippen LogP contribution in [0.1, 0.15) is 39.0 Å². The van der Waals surface area contributed by atoms with E-state index in [1.165, 1.54) is 18.3 Å². The van der Waals surface area contributed by atoms with Gasteiger partial charge in [-0.25, -0.2) is 4.98 Å². The summed E-state index contributed by atoms with van der Waals surface area (Å²) >= 11 is 1.36. The van der Waals surface area contributed by atoms with E-state index in [1.54, 1.807) is 13.8 Å². The second-order valence-corrected chi connectivity index (χ2v) is 7.15. The summed E-state index contributed by atoms with van der Waals surface area (Å²) in [6, 6.07) is 3.68. The summed E-state index contributed by atoms with van der Waals surface area (Å²) in [6.45, 7) is 6.06. The summed E-state index contributed by atoms with van der Waals surface area (Å²) in [6.07, 6.45) is 0. The Balaban J connectivity index is 1.64. The molecule has 0 atom stereocenters. The molecule has 4 rings (SSSR count). The molecule has 1 aromatic carbocycles. The van der Waals surface area contributed by atoms with E-state index < -0.39 is 0 Å². The summed E-state index contributed by atoms with van der Waals surface area (Å²) < 4.78 is 12.0. The third kappa shape index (κ3) is 2.72. The van der Waals surface area contributed by atoms with E-state index in [0.29, 0.717) is 52.4 Å². The van der Waals surface area contributed by atoms with Gasteiger partial charge in [-0.2, -0.15) is 0 Å². The number of rotatable bonds is 3. The SMILES string of the molecule is CC(=O)c1c(C)[nH]c(C(=O)Nc2nc3cc4c(cc3s2)OCCO4)c1C. The number of ether oxygens (including phenoxy) is 2. The van der Waals surface area contributed by atoms with Crippen molar-refractivity contribution in [2.45, 2.75) is 20.8 Å². The smallest absolute Gasteiger partial charge is 0.274 e. The van der Waals surface area contributed by atoms with Crippen molar-refractivity contribution in [2.24, 2.45) is 0 Å². The average Bonchev–Trinajstić information content (AvgIpc) is 3.11. The largest absolute Gasteiger partial charge is 0.486 e. The minimum absolute atomic E-state index is 0.0686. The topological polar surface area (TPSA) is 93.3 Å². The number of H-pyrrole nitrogens is 1. The number of Topliss-reactive ketones (excluding diaryl/α,β-unsaturated/α-hetero) is 1. The van der Waals surface area contributed by atoms with Crippen LogP contribution >= 0.6 is 11.3 Å². The molecule has 0 fully saturated rings. The Morgan fingerprint density at radius 3 is 2.54 bits per heavy atom. The van der Waals surface area contributed by atoms with Gasteiger partial charge in [-0.1, -0.05) is 11.3 Å². The Labute approximate surface area is 153 Å². The van der Waals surface area contributed by atoms with Crippen LogP contribution in [0.2, 0.25) is 0 Å². The molecule has 3 heterocycles. The van der Waals surface area contributed by atoms with E-state index in [2.05, 4.69) is 15.3 Å². The number of amides is 1. The predicted octanol–water partition coefficient (Wildman–Crippen LogP) is 3.47. The predicted molar refractivity (Wildman–Crippen MR) is 98.8 cm³/mol. The summed E-state index contributed by atoms with van der Waals surface area (Å²) in [5.41, 5.74) is 3.00. The maximum Gasteiger partial charge on any atom is 0.274 e. The monoisotopic (exact) mass is 371 g/mol. The highest BCUT2D eigenvalue weighted by molar-refractivity contribution is 7.22. The van der Waals surface area contributed by atoms with Gasteiger partial charge >= 0.3 is 0 Å². The maximum atomic E-state index is 12.6. The van der Waals surface area contributed by atoms with Gasteiger partial charge in [-0.05, 0) is 26.3 Å². The molecule has 1 aliphatic heterocycles. The van der Waals surface area contributed by atoms with Crippen molar-refractivity contribution in [1.29, 1.82) is 0 Å². The molecule has 7 nitrogen and oxygen atoms in total. The Morgan fingerprint density at radius 1 is 1.19 bits per heavy atom. The average molecular weight is 371 g/mol. The number of aryl methyl sites for hydroxylation is 1. The van der Waals surface area contributed by atoms with Gasteiger partial charge < -0.3 is 14.5 Å². The first kappa shape index (κ1) is 16.6. The minimum atomic E-state index is -0.325. The number of nitrogens with zero attached hydrogens (tertiary/aromatic N) is 1. The van der Waals surface area contributed by atoms with Gasteiger partial charge in [-0.3, -0.25) is 14.9 Å². The molecule has 0 aliphatic carbocycles. The number of nitrogens with one attached hydrogen (secondary N) is 2. The number of hydrogen-bond donors (Lipinski definition) is 2. The lowest BCUT2D eigenvalue weighted by atomic mass is 10.1. The molecule has 2 aromatic heterocycles. The molecular formula is C18H17N3O4S. The number of anilines is 1. The number of benzene rings is 1. The number of fused-ring (bicyclic) bond motifs is 2. The molecular weight excluding hydrogens is 354 g/mol. The van der Waals surface area contributed by atoms with E-state index in [1.807, 2.05) is 12.1 Å². The van der Waals surface area contributed by atoms with Gasteiger partial charge in [0, 0.05) is 23.4 Å². The molecule has 3 aromatic rings. The lowest BCUT2D eigenvalue weighted by Gasteiger charge is -2.17. The number of hydrogen-bond acceptors (Lipinski definition) is 6. The zero-order chi connectivity index (χ0) is 18.4. The highest BCUT2D eigenvalue weighted by Gasteiger charge is 2.21. The van der Waals surface area contributed by atoms with Crippen molar-refractivity contribution in [2.75, 3.05) is 18.5 Å². The highest BCUT2D eigenvalue weighted by atomic mass is 32.1. The lowest BCUT2D eigenvalue weighted by Crippen LogP contribution is -2.15. The van der Waals surface area contributed by atoms with Gasteiger partial charge in [0.25, 0.3) is 5.91 Å². The molecule has 1 aliphatic rings. The molecule has 8 heteroatoms. The van der Waals surface area contributed by atoms with Crippen LogP contribution in [0.5, 0.6) is 11.5 Å². The number of carbonyl (C=O) groups is 2. The summed E-state index contributed by atoms with van der Waals surface area (Å²) in [4.78, 5) is 31.8. The molecule has 0 unspecified atom stereocenters. The van der Waals surface area contributed by atoms with Crippen LogP contribution in [0.15, 0.2) is 12.1 Å². The molecule has 2 N–H and O–H groups in total. The molecule has 0 bridgehead atoms. The van der Waals surface area contributed by atoms with Crippen molar-refractivity contribution in [3.05, 3.63) is 34.6 Å². The highest BCUT2D eigenvalue weighted by Crippen LogP contribution is 2.38. The molecule has 0 spiro atoms. The number of carbonyl (C=O) groups excluding carboxylic acids is 2. The molecule has 1 amide bonds. The van der Waals surface area contributed by atoms with Crippen LogP contribution in [0.3, 0.4) is 0 Å². The zero-order valence-corrected chi connectivity index (χ0v) is 15.4. The first-order valence-electron chi connectivity index (χ1n) is 8.15. The molecule has 26 heavy (non-hydrogen) atoms. The van der Waals surface area contributed by atoms with E-state index in [4.69, 9.17) is 9.47 Å². The fourth-order valence-corrected chi connectivity index (χ4v) is 4.05. The standard InChI is InChI=1S/C18H17N3O4S/c1-8-15(10(3)22)9(2)19-16(8)17(23)21-18-20-11-6-12-13(7-14(11)26-18)25-5-4-24-12/h6-7,19H,4-5H2,1-3H3,(H,20,21,23). The van der Waals surface area contributed by atoms with Crippen LogP contribution in [-0.2, 0) is 0 Å². The number of thiazole rings is 1. The quantitative estimate of drug-likeness (QED) is 0.688. The Bertz CT molecular complexity index is 1010. The molecule has 0 radical (unpaired) electrons. The molecule has 134 valence electrons. The lowest BCUT2D eigenvalue weighted by molar-refractivity contribution is 0.101. The van der Waals surface area contributed by atoms with Gasteiger partial charge in [0.15, 0.2) is 22.4 Å². The first-order valence-corrected chi connectivity index (χ1v) is 8.97. The van der Waals surface area contributed by atoms with Crippen molar-refractivity contribution in [3.63, 3.8) is 0 Å². The van der Waals surface area contributed by atoms with Gasteiger partial charge in [-0.15, -0.1) is 0 Å². The van der Waals surface area contributed by atoms with Gasteiger partial charge in [0.1, 0.15) is 18.9 Å². The number of aromatic nitrogens is 2. The normalized spacial score (nSPS) is 13.0. The summed E-state index contributed by atoms with van der Waals surface area (Å²) in [7, 11) is 0. The van der Waals surface area contributed by atoms with Crippen LogP contribution in [0, 0.1) is 13.8 Å². The van der Waals surface area contributed by atoms with Crippen molar-refractivity contribution < 1.29 is 19.1 Å². The van der Waals surface area contributed by atoms with E-state index in [0.717, 1.165) is 10.2 Å². The Kier molecular flexibility index (Phi) is 3.91. The minimum Gasteiger partial charge on any atom is -0.486 e. The third-order valence-corrected chi connectivity index (χ3v) is 5.22. The molecule has 0 saturated carbocycles. The number of aromatic amines is 1. The van der Waals surface area contributed by atoms with E-state index in [-0.39, 0.29) is 11.7 Å². The summed E-state index contributed by atoms with van der Waals surface area (Å²) in [5.74, 6) is 0.955. The molecule has 0 saturated heterocycles. The van der Waals surface area contributed by atoms with Gasteiger partial charge in [0.05, 0.1) is 10.2 Å². The second kappa shape index (κ2) is 6.14. The first-order chi connectivity index (χ1) is 12.4. The van der Waals surface area contributed by atoms with Crippen molar-refractivity contribution in [1.82, 2.24) is 9.97 Å². The second-order valence-electron chi connectivity index (χ2n) is 6.12. The van der Waals surface area contributed by atoms with Crippen LogP contribution in [0.4, 0.5) is 5.13 Å². The van der Waals surface area contributed by atoms with Crippen LogP contribution < -0.4 is 14.8 Å². The third-order valence-electron chi connectivity index (χ3n) is 4.29. The van der Waals surface area contributed by atoms with Crippen molar-refractivity contribution >= 4 is 38.4 Å². The number of ketones is 1. The van der Waals surface area contributed by atoms with Crippen molar-refractivity contribution in [3.8, 4) is 11.5 Å². The Morgan fingerprint density at radius 2 is 1.88 bits per heavy atom. The maximum absolute atomic E-state index is 12.6. The van der Waals surface area contributed by atoms with E-state index >= 15 is 0 Å². The Hall–Kier alpha value is -2.87. The van der Waals surface area contributed by atoms with Crippen LogP contribution in [-0.4, -0.2) is 34.9 Å². The van der Waals surface area contributed by atoms with E-state index in [9.17, 15) is 9.59 Å².